The summed E-state index contributed by atoms with van der Waals surface area (Å²) >= 11 is 5.56. The molecule has 2 rings (SSSR count). The normalized spacial score (nSPS) is 17.1. The van der Waals surface area contributed by atoms with E-state index in [0.717, 1.165) is 32.4 Å². The molecule has 0 atom stereocenters. The number of hydrogen-bond donors (Lipinski definition) is 1. The van der Waals surface area contributed by atoms with Gasteiger partial charge in [-0.2, -0.15) is 0 Å². The molecule has 1 fully saturated rings. The summed E-state index contributed by atoms with van der Waals surface area (Å²) in [4.78, 5) is 10.5. The Hall–Kier alpha value is -0.920. The van der Waals surface area contributed by atoms with Gasteiger partial charge in [0, 0.05) is 37.4 Å². The lowest BCUT2D eigenvalue weighted by Gasteiger charge is -2.32. The van der Waals surface area contributed by atoms with E-state index >= 15 is 0 Å². The number of alkyl halides is 1. The Labute approximate surface area is 131 Å². The molecule has 1 aliphatic heterocycles. The third-order valence-corrected chi connectivity index (χ3v) is 5.26. The highest BCUT2D eigenvalue weighted by Crippen LogP contribution is 2.16. The van der Waals surface area contributed by atoms with Crippen LogP contribution in [-0.4, -0.2) is 49.1 Å². The maximum atomic E-state index is 11.9. The van der Waals surface area contributed by atoms with Gasteiger partial charge in [0.1, 0.15) is 0 Å². The molecule has 0 bridgehead atoms. The number of aromatic nitrogens is 2. The van der Waals surface area contributed by atoms with Crippen molar-refractivity contribution in [2.75, 3.05) is 29.6 Å². The van der Waals surface area contributed by atoms with Crippen LogP contribution in [0, 0.1) is 0 Å². The predicted octanol–water partition coefficient (Wildman–Crippen LogP) is 1.38. The van der Waals surface area contributed by atoms with Crippen molar-refractivity contribution in [1.29, 1.82) is 0 Å². The van der Waals surface area contributed by atoms with Crippen LogP contribution >= 0.6 is 11.6 Å². The molecule has 0 radical (unpaired) electrons. The summed E-state index contributed by atoms with van der Waals surface area (Å²) in [6.07, 6.45) is 6.31. The van der Waals surface area contributed by atoms with Crippen molar-refractivity contribution < 1.29 is 8.42 Å². The van der Waals surface area contributed by atoms with E-state index in [1.54, 1.807) is 18.5 Å². The van der Waals surface area contributed by atoms with Crippen LogP contribution in [0.5, 0.6) is 0 Å². The third kappa shape index (κ3) is 5.41. The minimum atomic E-state index is -3.19. The maximum absolute atomic E-state index is 11.9. The second-order valence-electron chi connectivity index (χ2n) is 5.14. The molecule has 0 aliphatic carbocycles. The van der Waals surface area contributed by atoms with E-state index in [1.165, 1.54) is 0 Å². The fraction of sp³-hybridized carbons (Fsp3) is 0.692. The van der Waals surface area contributed by atoms with Crippen molar-refractivity contribution in [3.05, 3.63) is 18.5 Å². The quantitative estimate of drug-likeness (QED) is 0.603. The Morgan fingerprint density at radius 2 is 1.90 bits per heavy atom. The summed E-state index contributed by atoms with van der Waals surface area (Å²) in [6.45, 7) is 1.53. The summed E-state index contributed by atoms with van der Waals surface area (Å²) < 4.78 is 26.7. The molecule has 6 nitrogen and oxygen atoms in total. The van der Waals surface area contributed by atoms with Gasteiger partial charge >= 0.3 is 0 Å². The molecule has 1 N–H and O–H groups in total. The summed E-state index contributed by atoms with van der Waals surface area (Å²) in [5.74, 6) is 1.37. The number of anilines is 1. The van der Waals surface area contributed by atoms with E-state index < -0.39 is 10.0 Å². The zero-order valence-electron chi connectivity index (χ0n) is 11.9. The van der Waals surface area contributed by atoms with Crippen molar-refractivity contribution in [3.8, 4) is 0 Å². The first-order valence-electron chi connectivity index (χ1n) is 7.18. The molecule has 1 aliphatic rings. The van der Waals surface area contributed by atoms with Gasteiger partial charge in [-0.15, -0.1) is 11.6 Å². The fourth-order valence-electron chi connectivity index (χ4n) is 2.35. The summed E-state index contributed by atoms with van der Waals surface area (Å²) in [7, 11) is -3.19. The van der Waals surface area contributed by atoms with Crippen LogP contribution in [0.2, 0.25) is 0 Å². The minimum absolute atomic E-state index is 0.00552. The zero-order valence-corrected chi connectivity index (χ0v) is 13.5. The van der Waals surface area contributed by atoms with E-state index in [1.807, 2.05) is 0 Å². The number of unbranched alkanes of at least 4 members (excludes halogenated alkanes) is 1. The Bertz CT molecular complexity index is 518. The monoisotopic (exact) mass is 332 g/mol. The molecule has 0 spiro atoms. The number of nitrogens with zero attached hydrogens (tertiary/aromatic N) is 3. The summed E-state index contributed by atoms with van der Waals surface area (Å²) in [5.41, 5.74) is 0. The Morgan fingerprint density at radius 3 is 2.52 bits per heavy atom. The van der Waals surface area contributed by atoms with Gasteiger partial charge in [-0.1, -0.05) is 0 Å². The molecule has 118 valence electrons. The van der Waals surface area contributed by atoms with Crippen LogP contribution in [0.1, 0.15) is 25.7 Å². The van der Waals surface area contributed by atoms with E-state index in [0.29, 0.717) is 18.2 Å². The van der Waals surface area contributed by atoms with Gasteiger partial charge in [0.2, 0.25) is 16.0 Å². The van der Waals surface area contributed by atoms with Crippen molar-refractivity contribution >= 4 is 27.6 Å². The molecule has 8 heteroatoms. The van der Waals surface area contributed by atoms with Crippen LogP contribution < -0.4 is 9.62 Å². The molecule has 0 aromatic carbocycles. The molecule has 2 heterocycles. The third-order valence-electron chi connectivity index (χ3n) is 3.47. The molecule has 0 saturated carbocycles. The summed E-state index contributed by atoms with van der Waals surface area (Å²) in [5, 5.41) is 0. The lowest BCUT2D eigenvalue weighted by atomic mass is 10.1. The predicted molar refractivity (Wildman–Crippen MR) is 84.1 cm³/mol. The van der Waals surface area contributed by atoms with Gasteiger partial charge in [0.15, 0.2) is 0 Å². The lowest BCUT2D eigenvalue weighted by Crippen LogP contribution is -2.45. The van der Waals surface area contributed by atoms with Crippen LogP contribution in [0.3, 0.4) is 0 Å². The zero-order chi connectivity index (χ0) is 15.1. The highest BCUT2D eigenvalue weighted by atomic mass is 35.5. The Morgan fingerprint density at radius 1 is 1.24 bits per heavy atom. The van der Waals surface area contributed by atoms with Gasteiger partial charge in [-0.3, -0.25) is 0 Å². The second-order valence-corrected chi connectivity index (χ2v) is 7.39. The molecule has 0 amide bonds. The smallest absolute Gasteiger partial charge is 0.225 e. The molecular formula is C13H21ClN4O2S. The second kappa shape index (κ2) is 7.91. The largest absolute Gasteiger partial charge is 0.341 e. The number of rotatable bonds is 7. The SMILES string of the molecule is O=S(=O)(CCCCCl)NC1CCN(c2ncccn2)CC1. The summed E-state index contributed by atoms with van der Waals surface area (Å²) in [6, 6.07) is 1.79. The van der Waals surface area contributed by atoms with Gasteiger partial charge in [-0.05, 0) is 31.7 Å². The lowest BCUT2D eigenvalue weighted by molar-refractivity contribution is 0.456. The van der Waals surface area contributed by atoms with Gasteiger partial charge in [-0.25, -0.2) is 23.1 Å². The molecule has 1 aromatic rings. The fourth-order valence-corrected chi connectivity index (χ4v) is 3.99. The number of halogens is 1. The van der Waals surface area contributed by atoms with Crippen LogP contribution in [0.4, 0.5) is 5.95 Å². The van der Waals surface area contributed by atoms with Crippen LogP contribution in [0.25, 0.3) is 0 Å². The molecule has 21 heavy (non-hydrogen) atoms. The van der Waals surface area contributed by atoms with Crippen molar-refractivity contribution in [2.24, 2.45) is 0 Å². The first-order valence-corrected chi connectivity index (χ1v) is 9.37. The van der Waals surface area contributed by atoms with Gasteiger partial charge in [0.25, 0.3) is 0 Å². The highest BCUT2D eigenvalue weighted by molar-refractivity contribution is 7.89. The van der Waals surface area contributed by atoms with E-state index in [9.17, 15) is 8.42 Å². The first kappa shape index (κ1) is 16.5. The first-order chi connectivity index (χ1) is 10.1. The maximum Gasteiger partial charge on any atom is 0.225 e. The van der Waals surface area contributed by atoms with E-state index in [-0.39, 0.29) is 11.8 Å². The topological polar surface area (TPSA) is 75.2 Å². The number of hydrogen-bond acceptors (Lipinski definition) is 5. The molecule has 1 saturated heterocycles. The van der Waals surface area contributed by atoms with Gasteiger partial charge in [0.05, 0.1) is 5.75 Å². The average Bonchev–Trinajstić information content (AvgIpc) is 2.49. The average molecular weight is 333 g/mol. The number of sulfonamides is 1. The standard InChI is InChI=1S/C13H21ClN4O2S/c14-6-1-2-11-21(19,20)17-12-4-9-18(10-5-12)13-15-7-3-8-16-13/h3,7-8,12,17H,1-2,4-6,9-11H2. The Balaban J connectivity index is 1.79. The van der Waals surface area contributed by atoms with E-state index in [4.69, 9.17) is 11.6 Å². The van der Waals surface area contributed by atoms with Gasteiger partial charge < -0.3 is 4.90 Å². The van der Waals surface area contributed by atoms with Crippen molar-refractivity contribution in [3.63, 3.8) is 0 Å². The Kier molecular flexibility index (Phi) is 6.20. The van der Waals surface area contributed by atoms with Crippen molar-refractivity contribution in [2.45, 2.75) is 31.7 Å². The minimum Gasteiger partial charge on any atom is -0.341 e. The number of nitrogens with one attached hydrogen (secondary N) is 1. The van der Waals surface area contributed by atoms with Crippen LogP contribution in [0.15, 0.2) is 18.5 Å². The van der Waals surface area contributed by atoms with Crippen molar-refractivity contribution in [1.82, 2.24) is 14.7 Å². The molecule has 0 unspecified atom stereocenters. The van der Waals surface area contributed by atoms with E-state index in [2.05, 4.69) is 19.6 Å². The highest BCUT2D eigenvalue weighted by Gasteiger charge is 2.24. The molecular weight excluding hydrogens is 312 g/mol. The van der Waals surface area contributed by atoms with Crippen LogP contribution in [-0.2, 0) is 10.0 Å². The number of piperidine rings is 1. The molecule has 1 aromatic heterocycles.